The summed E-state index contributed by atoms with van der Waals surface area (Å²) in [7, 11) is 0. The number of para-hydroxylation sites is 2. The molecule has 0 unspecified atom stereocenters. The molecule has 0 radical (unpaired) electrons. The van der Waals surface area contributed by atoms with Crippen LogP contribution in [0.3, 0.4) is 0 Å². The Hall–Kier alpha value is -2.66. The van der Waals surface area contributed by atoms with E-state index in [1.54, 1.807) is 48.5 Å². The minimum Gasteiger partial charge on any atom is -0.312 e. The Kier molecular flexibility index (Phi) is 2.96. The molecule has 3 rings (SSSR count). The predicted molar refractivity (Wildman–Crippen MR) is 75.8 cm³/mol. The Balaban J connectivity index is 2.10. The Bertz CT molecular complexity index is 585. The van der Waals surface area contributed by atoms with Crippen LogP contribution in [0.15, 0.2) is 60.7 Å². The lowest BCUT2D eigenvalue weighted by Crippen LogP contribution is -2.41. The van der Waals surface area contributed by atoms with E-state index in [4.69, 9.17) is 5.73 Å². The molecule has 1 saturated heterocycles. The zero-order valence-electron chi connectivity index (χ0n) is 10.6. The molecule has 5 heteroatoms. The van der Waals surface area contributed by atoms with Gasteiger partial charge < -0.3 is 5.73 Å². The molecule has 1 fully saturated rings. The van der Waals surface area contributed by atoms with E-state index >= 15 is 0 Å². The van der Waals surface area contributed by atoms with Crippen LogP contribution in [0.5, 0.6) is 0 Å². The number of hydrogen-bond donors (Lipinski definition) is 1. The van der Waals surface area contributed by atoms with E-state index < -0.39 is 17.9 Å². The summed E-state index contributed by atoms with van der Waals surface area (Å²) in [4.78, 5) is 24.5. The van der Waals surface area contributed by atoms with Gasteiger partial charge in [0.05, 0.1) is 11.4 Å². The number of hydrazine groups is 1. The van der Waals surface area contributed by atoms with Crippen LogP contribution in [0.1, 0.15) is 0 Å². The van der Waals surface area contributed by atoms with Gasteiger partial charge in [-0.1, -0.05) is 36.4 Å². The molecular weight excluding hydrogens is 254 g/mol. The van der Waals surface area contributed by atoms with Crippen molar-refractivity contribution in [2.24, 2.45) is 5.73 Å². The lowest BCUT2D eigenvalue weighted by Gasteiger charge is -2.27. The van der Waals surface area contributed by atoms with E-state index in [2.05, 4.69) is 0 Å². The van der Waals surface area contributed by atoms with E-state index in [0.717, 1.165) is 0 Å². The number of nitrogens with zero attached hydrogens (tertiary/aromatic N) is 2. The number of hydrogen-bond acceptors (Lipinski definition) is 3. The molecule has 0 saturated carbocycles. The highest BCUT2D eigenvalue weighted by Crippen LogP contribution is 2.28. The van der Waals surface area contributed by atoms with Crippen molar-refractivity contribution in [3.8, 4) is 0 Å². The zero-order chi connectivity index (χ0) is 14.1. The van der Waals surface area contributed by atoms with Gasteiger partial charge in [-0.25, -0.2) is 10.0 Å². The first kappa shape index (κ1) is 12.4. The molecule has 0 aliphatic carbocycles. The molecule has 1 heterocycles. The van der Waals surface area contributed by atoms with Gasteiger partial charge in [-0.05, 0) is 24.3 Å². The van der Waals surface area contributed by atoms with Crippen molar-refractivity contribution in [3.05, 3.63) is 60.7 Å². The maximum absolute atomic E-state index is 12.2. The molecule has 1 aliphatic rings. The molecule has 2 aromatic carbocycles. The lowest BCUT2D eigenvalue weighted by atomic mass is 10.2. The number of carbonyl (C=O) groups excluding carboxylic acids is 2. The summed E-state index contributed by atoms with van der Waals surface area (Å²) in [6, 6.07) is 16.8. The number of rotatable bonds is 2. The molecule has 0 atom stereocenters. The van der Waals surface area contributed by atoms with E-state index in [-0.39, 0.29) is 0 Å². The topological polar surface area (TPSA) is 66.6 Å². The van der Waals surface area contributed by atoms with Gasteiger partial charge in [-0.15, -0.1) is 0 Å². The van der Waals surface area contributed by atoms with Gasteiger partial charge in [0, 0.05) is 0 Å². The van der Waals surface area contributed by atoms with Crippen LogP contribution < -0.4 is 15.8 Å². The zero-order valence-corrected chi connectivity index (χ0v) is 10.6. The summed E-state index contributed by atoms with van der Waals surface area (Å²) in [6.07, 6.45) is 0. The third kappa shape index (κ3) is 1.85. The van der Waals surface area contributed by atoms with Crippen molar-refractivity contribution >= 4 is 23.2 Å². The van der Waals surface area contributed by atoms with Crippen molar-refractivity contribution in [2.45, 2.75) is 6.04 Å². The Morgan fingerprint density at radius 2 is 1.05 bits per heavy atom. The van der Waals surface area contributed by atoms with Crippen molar-refractivity contribution < 1.29 is 9.59 Å². The molecule has 0 bridgehead atoms. The summed E-state index contributed by atoms with van der Waals surface area (Å²) >= 11 is 0. The summed E-state index contributed by atoms with van der Waals surface area (Å²) in [5, 5.41) is 2.64. The minimum absolute atomic E-state index is 0.426. The lowest BCUT2D eigenvalue weighted by molar-refractivity contribution is -0.123. The Labute approximate surface area is 116 Å². The van der Waals surface area contributed by atoms with Crippen LogP contribution in [-0.4, -0.2) is 17.9 Å². The predicted octanol–water partition coefficient (Wildman–Crippen LogP) is 1.31. The second-order valence-electron chi connectivity index (χ2n) is 4.45. The minimum atomic E-state index is -1.16. The molecule has 2 aromatic rings. The van der Waals surface area contributed by atoms with Crippen molar-refractivity contribution in [2.75, 3.05) is 10.0 Å². The summed E-state index contributed by atoms with van der Waals surface area (Å²) in [5.41, 5.74) is 6.92. The van der Waals surface area contributed by atoms with Gasteiger partial charge in [-0.2, -0.15) is 0 Å². The van der Waals surface area contributed by atoms with E-state index in [0.29, 0.717) is 11.4 Å². The van der Waals surface area contributed by atoms with Crippen molar-refractivity contribution in [3.63, 3.8) is 0 Å². The number of amides is 2. The number of anilines is 2. The fourth-order valence-corrected chi connectivity index (χ4v) is 2.19. The maximum Gasteiger partial charge on any atom is 0.272 e. The molecular formula is C15H13N3O2. The molecule has 5 nitrogen and oxygen atoms in total. The van der Waals surface area contributed by atoms with Crippen molar-refractivity contribution in [1.82, 2.24) is 0 Å². The van der Waals surface area contributed by atoms with Crippen LogP contribution in [0, 0.1) is 0 Å². The second-order valence-corrected chi connectivity index (χ2v) is 4.45. The van der Waals surface area contributed by atoms with Gasteiger partial charge in [0.1, 0.15) is 0 Å². The van der Waals surface area contributed by atoms with E-state index in [1.165, 1.54) is 10.0 Å². The highest BCUT2D eigenvalue weighted by atomic mass is 16.2. The molecule has 100 valence electrons. The number of carbonyl (C=O) groups is 2. The Morgan fingerprint density at radius 3 is 1.40 bits per heavy atom. The largest absolute Gasteiger partial charge is 0.312 e. The standard InChI is InChI=1S/C15H13N3O2/c16-13-14(19)17(11-7-3-1-4-8-11)18(15(13)20)12-9-5-2-6-10-12/h1-10,13H,16H2. The SMILES string of the molecule is NC1C(=O)N(c2ccccc2)N(c2ccccc2)C1=O. The highest BCUT2D eigenvalue weighted by Gasteiger charge is 2.44. The van der Waals surface area contributed by atoms with E-state index in [9.17, 15) is 9.59 Å². The van der Waals surface area contributed by atoms with Gasteiger partial charge in [0.2, 0.25) is 0 Å². The van der Waals surface area contributed by atoms with Gasteiger partial charge >= 0.3 is 0 Å². The molecule has 2 amide bonds. The molecule has 1 aliphatic heterocycles. The fourth-order valence-electron chi connectivity index (χ4n) is 2.19. The first-order chi connectivity index (χ1) is 9.70. The summed E-state index contributed by atoms with van der Waals surface area (Å²) < 4.78 is 0. The third-order valence-electron chi connectivity index (χ3n) is 3.15. The fraction of sp³-hybridized carbons (Fsp3) is 0.0667. The molecule has 20 heavy (non-hydrogen) atoms. The average Bonchev–Trinajstić information content (AvgIpc) is 2.73. The average molecular weight is 267 g/mol. The summed E-state index contributed by atoms with van der Waals surface area (Å²) in [6.45, 7) is 0. The van der Waals surface area contributed by atoms with Crippen LogP contribution >= 0.6 is 0 Å². The monoisotopic (exact) mass is 267 g/mol. The van der Waals surface area contributed by atoms with Crippen LogP contribution in [0.25, 0.3) is 0 Å². The summed E-state index contributed by atoms with van der Waals surface area (Å²) in [5.74, 6) is -0.852. The van der Waals surface area contributed by atoms with Crippen molar-refractivity contribution in [1.29, 1.82) is 0 Å². The number of benzene rings is 2. The maximum atomic E-state index is 12.2. The Morgan fingerprint density at radius 1 is 0.700 bits per heavy atom. The normalized spacial score (nSPS) is 16.1. The smallest absolute Gasteiger partial charge is 0.272 e. The molecule has 2 N–H and O–H groups in total. The highest BCUT2D eigenvalue weighted by molar-refractivity contribution is 6.25. The van der Waals surface area contributed by atoms with Gasteiger partial charge in [0.25, 0.3) is 11.8 Å². The van der Waals surface area contributed by atoms with Crippen LogP contribution in [-0.2, 0) is 9.59 Å². The van der Waals surface area contributed by atoms with Crippen LogP contribution in [0.4, 0.5) is 11.4 Å². The van der Waals surface area contributed by atoms with Gasteiger partial charge in [-0.3, -0.25) is 9.59 Å². The molecule has 0 aromatic heterocycles. The third-order valence-corrected chi connectivity index (χ3v) is 3.15. The number of nitrogens with two attached hydrogens (primary N) is 1. The second kappa shape index (κ2) is 4.79. The first-order valence-electron chi connectivity index (χ1n) is 6.23. The quantitative estimate of drug-likeness (QED) is 0.834. The van der Waals surface area contributed by atoms with E-state index in [1.807, 2.05) is 12.1 Å². The van der Waals surface area contributed by atoms with Gasteiger partial charge in [0.15, 0.2) is 6.04 Å². The van der Waals surface area contributed by atoms with Crippen LogP contribution in [0.2, 0.25) is 0 Å². The molecule has 0 spiro atoms. The first-order valence-corrected chi connectivity index (χ1v) is 6.23.